The predicted molar refractivity (Wildman–Crippen MR) is 103 cm³/mol. The molecule has 0 aliphatic heterocycles. The third-order valence-corrected chi connectivity index (χ3v) is 3.87. The van der Waals surface area contributed by atoms with E-state index in [1.807, 2.05) is 0 Å². The van der Waals surface area contributed by atoms with Crippen LogP contribution in [0, 0.1) is 0 Å². The van der Waals surface area contributed by atoms with Crippen LogP contribution in [0.3, 0.4) is 0 Å². The first kappa shape index (κ1) is 21.6. The Morgan fingerprint density at radius 3 is 1.59 bits per heavy atom. The molecule has 8 heteroatoms. The molecule has 0 unspecified atom stereocenters. The van der Waals surface area contributed by atoms with Crippen LogP contribution in [0.25, 0.3) is 0 Å². The Morgan fingerprint density at radius 2 is 1.14 bits per heavy atom. The molecule has 0 fully saturated rings. The quantitative estimate of drug-likeness (QED) is 0.540. The van der Waals surface area contributed by atoms with Gasteiger partial charge in [0, 0.05) is 18.1 Å². The number of hydrogen-bond donors (Lipinski definition) is 1. The van der Waals surface area contributed by atoms with Gasteiger partial charge in [0.15, 0.2) is 0 Å². The van der Waals surface area contributed by atoms with Crippen molar-refractivity contribution < 1.29 is 28.9 Å². The number of amides is 2. The Kier molecular flexibility index (Phi) is 8.37. The molecule has 0 aliphatic carbocycles. The summed E-state index contributed by atoms with van der Waals surface area (Å²) in [5.41, 5.74) is 5.47. The van der Waals surface area contributed by atoms with Crippen LogP contribution in [-0.4, -0.2) is 29.0 Å². The highest BCUT2D eigenvalue weighted by atomic mass is 17.0. The highest BCUT2D eigenvalue weighted by Gasteiger charge is 2.25. The molecule has 2 rings (SSSR count). The molecule has 0 atom stereocenters. The van der Waals surface area contributed by atoms with E-state index in [4.69, 9.17) is 15.4 Å². The molecule has 2 N–H and O–H groups in total. The maximum absolute atomic E-state index is 12.5. The Balaban J connectivity index is 2.01. The minimum Gasteiger partial charge on any atom is -0.370 e. The summed E-state index contributed by atoms with van der Waals surface area (Å²) in [6, 6.07) is 16.0. The molecule has 0 aromatic heterocycles. The summed E-state index contributed by atoms with van der Waals surface area (Å²) in [6.45, 7) is 0. The average Bonchev–Trinajstić information content (AvgIpc) is 2.73. The third-order valence-electron chi connectivity index (χ3n) is 3.87. The Labute approximate surface area is 168 Å². The second kappa shape index (κ2) is 11.2. The summed E-state index contributed by atoms with van der Waals surface area (Å²) in [5, 5.41) is 0.318. The Hall–Kier alpha value is -3.68. The fourth-order valence-corrected chi connectivity index (χ4v) is 2.37. The average molecular weight is 398 g/mol. The fourth-order valence-electron chi connectivity index (χ4n) is 2.37. The number of hydroxylamine groups is 2. The van der Waals surface area contributed by atoms with E-state index >= 15 is 0 Å². The van der Waals surface area contributed by atoms with Crippen molar-refractivity contribution in [2.45, 2.75) is 32.1 Å². The SMILES string of the molecule is NC(=O)CCCCCC(=O)N(OC(=O)c1ccccc1)OC(=O)c1ccccc1. The molecule has 8 nitrogen and oxygen atoms in total. The first-order chi connectivity index (χ1) is 14.0. The van der Waals surface area contributed by atoms with Crippen LogP contribution < -0.4 is 5.73 Å². The van der Waals surface area contributed by atoms with Gasteiger partial charge in [-0.1, -0.05) is 42.8 Å². The van der Waals surface area contributed by atoms with E-state index in [1.54, 1.807) is 36.4 Å². The molecule has 2 aromatic rings. The number of nitrogens with zero attached hydrogens (tertiary/aromatic N) is 1. The minimum absolute atomic E-state index is 0.0388. The molecule has 0 saturated carbocycles. The van der Waals surface area contributed by atoms with Gasteiger partial charge in [0.05, 0.1) is 11.1 Å². The lowest BCUT2D eigenvalue weighted by atomic mass is 10.1. The number of primary amides is 1. The zero-order valence-corrected chi connectivity index (χ0v) is 15.8. The minimum atomic E-state index is -0.839. The van der Waals surface area contributed by atoms with Gasteiger partial charge in [0.2, 0.25) is 5.91 Å². The van der Waals surface area contributed by atoms with E-state index in [0.29, 0.717) is 24.5 Å². The van der Waals surface area contributed by atoms with Crippen molar-refractivity contribution in [1.29, 1.82) is 0 Å². The van der Waals surface area contributed by atoms with E-state index in [2.05, 4.69) is 0 Å². The number of nitrogens with two attached hydrogens (primary N) is 1. The summed E-state index contributed by atoms with van der Waals surface area (Å²) in [6.07, 6.45) is 1.71. The van der Waals surface area contributed by atoms with Crippen molar-refractivity contribution in [3.05, 3.63) is 71.8 Å². The molecule has 0 aliphatic rings. The van der Waals surface area contributed by atoms with Crippen molar-refractivity contribution in [3.63, 3.8) is 0 Å². The standard InChI is InChI=1S/C21H22N2O6/c22-18(24)14-8-3-9-15-19(25)23(28-20(26)16-10-4-1-5-11-16)29-21(27)17-12-6-2-7-13-17/h1-2,4-7,10-13H,3,8-9,14-15H2,(H2,22,24). The number of carbonyl (C=O) groups excluding carboxylic acids is 4. The molecule has 2 aromatic carbocycles. The summed E-state index contributed by atoms with van der Waals surface area (Å²) in [7, 11) is 0. The van der Waals surface area contributed by atoms with Gasteiger partial charge in [-0.15, -0.1) is 0 Å². The van der Waals surface area contributed by atoms with Crippen molar-refractivity contribution in [2.24, 2.45) is 5.73 Å². The highest BCUT2D eigenvalue weighted by Crippen LogP contribution is 2.11. The Morgan fingerprint density at radius 1 is 0.690 bits per heavy atom. The lowest BCUT2D eigenvalue weighted by Crippen LogP contribution is -2.35. The van der Waals surface area contributed by atoms with E-state index in [0.717, 1.165) is 0 Å². The summed E-state index contributed by atoms with van der Waals surface area (Å²) < 4.78 is 0. The second-order valence-electron chi connectivity index (χ2n) is 6.17. The molecule has 0 radical (unpaired) electrons. The zero-order valence-electron chi connectivity index (χ0n) is 15.8. The lowest BCUT2D eigenvalue weighted by Gasteiger charge is -2.19. The molecule has 152 valence electrons. The van der Waals surface area contributed by atoms with E-state index in [9.17, 15) is 19.2 Å². The number of benzene rings is 2. The number of rotatable bonds is 8. The van der Waals surface area contributed by atoms with Crippen molar-refractivity contribution in [3.8, 4) is 0 Å². The number of hydrogen-bond acceptors (Lipinski definition) is 6. The van der Waals surface area contributed by atoms with Crippen molar-refractivity contribution >= 4 is 23.8 Å². The highest BCUT2D eigenvalue weighted by molar-refractivity contribution is 5.92. The monoisotopic (exact) mass is 398 g/mol. The zero-order chi connectivity index (χ0) is 21.1. The summed E-state index contributed by atoms with van der Waals surface area (Å²) >= 11 is 0. The van der Waals surface area contributed by atoms with E-state index in [-0.39, 0.29) is 24.0 Å². The van der Waals surface area contributed by atoms with Crippen molar-refractivity contribution in [2.75, 3.05) is 0 Å². The first-order valence-electron chi connectivity index (χ1n) is 9.13. The second-order valence-corrected chi connectivity index (χ2v) is 6.17. The van der Waals surface area contributed by atoms with Gasteiger partial charge in [-0.05, 0) is 37.1 Å². The maximum Gasteiger partial charge on any atom is 0.367 e. The predicted octanol–water partition coefficient (Wildman–Crippen LogP) is 2.79. The van der Waals surface area contributed by atoms with E-state index < -0.39 is 23.8 Å². The maximum atomic E-state index is 12.5. The summed E-state index contributed by atoms with van der Waals surface area (Å²) in [5.74, 6) is -2.79. The smallest absolute Gasteiger partial charge is 0.367 e. The van der Waals surface area contributed by atoms with Crippen LogP contribution in [0.4, 0.5) is 0 Å². The summed E-state index contributed by atoms with van der Waals surface area (Å²) in [4.78, 5) is 57.8. The largest absolute Gasteiger partial charge is 0.370 e. The lowest BCUT2D eigenvalue weighted by molar-refractivity contribution is -0.279. The number of unbranched alkanes of at least 4 members (excludes halogenated alkanes) is 2. The molecular formula is C21H22N2O6. The molecule has 0 bridgehead atoms. The van der Waals surface area contributed by atoms with Crippen LogP contribution >= 0.6 is 0 Å². The Bertz CT molecular complexity index is 785. The van der Waals surface area contributed by atoms with Gasteiger partial charge in [0.1, 0.15) is 0 Å². The first-order valence-corrected chi connectivity index (χ1v) is 9.13. The third kappa shape index (κ3) is 7.45. The van der Waals surface area contributed by atoms with Gasteiger partial charge in [-0.3, -0.25) is 19.3 Å². The van der Waals surface area contributed by atoms with Crippen LogP contribution in [0.15, 0.2) is 60.7 Å². The van der Waals surface area contributed by atoms with Gasteiger partial charge >= 0.3 is 11.9 Å². The normalized spacial score (nSPS) is 10.1. The van der Waals surface area contributed by atoms with Crippen LogP contribution in [0.1, 0.15) is 52.8 Å². The molecular weight excluding hydrogens is 376 g/mol. The fraction of sp³-hybridized carbons (Fsp3) is 0.238. The topological polar surface area (TPSA) is 116 Å². The molecule has 29 heavy (non-hydrogen) atoms. The van der Waals surface area contributed by atoms with Crippen LogP contribution in [-0.2, 0) is 19.3 Å². The van der Waals surface area contributed by atoms with Gasteiger partial charge in [-0.2, -0.15) is 0 Å². The van der Waals surface area contributed by atoms with Gasteiger partial charge < -0.3 is 5.73 Å². The number of carbonyl (C=O) groups is 4. The van der Waals surface area contributed by atoms with Crippen LogP contribution in [0.2, 0.25) is 0 Å². The molecule has 2 amide bonds. The van der Waals surface area contributed by atoms with Gasteiger partial charge in [0.25, 0.3) is 5.91 Å². The van der Waals surface area contributed by atoms with E-state index in [1.165, 1.54) is 24.3 Å². The van der Waals surface area contributed by atoms with Crippen molar-refractivity contribution in [1.82, 2.24) is 5.23 Å². The van der Waals surface area contributed by atoms with Gasteiger partial charge in [-0.25, -0.2) is 9.59 Å². The molecule has 0 spiro atoms. The molecule has 0 heterocycles. The molecule has 0 saturated heterocycles. The van der Waals surface area contributed by atoms with Crippen LogP contribution in [0.5, 0.6) is 0 Å².